The van der Waals surface area contributed by atoms with Crippen LogP contribution in [0.15, 0.2) is 48.6 Å². The number of carboxylic acid groups (broad SMARTS) is 3. The van der Waals surface area contributed by atoms with E-state index in [2.05, 4.69) is 29.7 Å². The fraction of sp³-hybridized carbons (Fsp3) is 0.567. The van der Waals surface area contributed by atoms with Gasteiger partial charge < -0.3 is 36.8 Å². The average molecular weight is 626 g/mol. The summed E-state index contributed by atoms with van der Waals surface area (Å²) in [5.41, 5.74) is 5.43. The second-order valence-electron chi connectivity index (χ2n) is 9.77. The molecule has 242 valence electrons. The van der Waals surface area contributed by atoms with E-state index in [9.17, 15) is 29.1 Å². The van der Waals surface area contributed by atoms with Gasteiger partial charge in [0.25, 0.3) is 0 Å². The summed E-state index contributed by atoms with van der Waals surface area (Å²) in [5, 5.41) is 41.6. The highest BCUT2D eigenvalue weighted by molar-refractivity contribution is 8.00. The zero-order chi connectivity index (χ0) is 32.5. The second-order valence-corrected chi connectivity index (χ2v) is 11.0. The van der Waals surface area contributed by atoms with Crippen molar-refractivity contribution in [2.75, 3.05) is 12.3 Å². The number of unbranched alkanes of at least 4 members (excludes halogenated alkanes) is 3. The Kier molecular flexibility index (Phi) is 23.1. The topological polar surface area (TPSA) is 216 Å². The molecule has 13 heteroatoms. The minimum atomic E-state index is -1.28. The molecule has 0 unspecified atom stereocenters. The quantitative estimate of drug-likeness (QED) is 0.0444. The van der Waals surface area contributed by atoms with Gasteiger partial charge in [0.1, 0.15) is 18.6 Å². The van der Waals surface area contributed by atoms with Gasteiger partial charge in [0.15, 0.2) is 0 Å². The Balaban J connectivity index is 5.38. The smallest absolute Gasteiger partial charge is 0.322 e. The second kappa shape index (κ2) is 25.1. The van der Waals surface area contributed by atoms with Gasteiger partial charge in [-0.05, 0) is 38.5 Å². The van der Waals surface area contributed by atoms with Crippen LogP contribution in [0.4, 0.5) is 0 Å². The Labute approximate surface area is 257 Å². The molecule has 4 atom stereocenters. The van der Waals surface area contributed by atoms with E-state index in [0.717, 1.165) is 24.6 Å². The Morgan fingerprint density at radius 1 is 0.860 bits per heavy atom. The molecule has 0 heterocycles. The fourth-order valence-electron chi connectivity index (χ4n) is 3.54. The monoisotopic (exact) mass is 625 g/mol. The lowest BCUT2D eigenvalue weighted by molar-refractivity contribution is -0.139. The maximum atomic E-state index is 12.6. The van der Waals surface area contributed by atoms with Crippen LogP contribution >= 0.6 is 11.8 Å². The first-order valence-corrected chi connectivity index (χ1v) is 15.5. The van der Waals surface area contributed by atoms with Gasteiger partial charge in [0.05, 0.1) is 6.10 Å². The number of carboxylic acids is 3. The molecule has 12 nitrogen and oxygen atoms in total. The van der Waals surface area contributed by atoms with Crippen molar-refractivity contribution in [3.63, 3.8) is 0 Å². The van der Waals surface area contributed by atoms with Crippen molar-refractivity contribution in [3.05, 3.63) is 48.6 Å². The van der Waals surface area contributed by atoms with E-state index in [4.69, 9.17) is 21.1 Å². The summed E-state index contributed by atoms with van der Waals surface area (Å²) in [6.45, 7) is 1.49. The summed E-state index contributed by atoms with van der Waals surface area (Å²) in [4.78, 5) is 57.8. The molecular formula is C30H47N3O9S. The van der Waals surface area contributed by atoms with Gasteiger partial charge in [0, 0.05) is 23.8 Å². The number of nitrogens with two attached hydrogens (primary N) is 1. The third-order valence-corrected chi connectivity index (χ3v) is 7.36. The minimum absolute atomic E-state index is 0.0542. The maximum Gasteiger partial charge on any atom is 0.322 e. The molecule has 0 aromatic carbocycles. The van der Waals surface area contributed by atoms with Gasteiger partial charge in [-0.2, -0.15) is 0 Å². The van der Waals surface area contributed by atoms with Crippen molar-refractivity contribution in [2.24, 2.45) is 5.73 Å². The molecule has 0 spiro atoms. The molecular weight excluding hydrogens is 578 g/mol. The molecule has 0 radical (unpaired) electrons. The molecule has 0 fully saturated rings. The van der Waals surface area contributed by atoms with E-state index in [1.165, 1.54) is 19.3 Å². The molecule has 0 aromatic rings. The highest BCUT2D eigenvalue weighted by atomic mass is 32.2. The van der Waals surface area contributed by atoms with Crippen molar-refractivity contribution in [1.82, 2.24) is 10.6 Å². The van der Waals surface area contributed by atoms with E-state index in [0.29, 0.717) is 0 Å². The molecule has 0 saturated carbocycles. The predicted molar refractivity (Wildman–Crippen MR) is 166 cm³/mol. The van der Waals surface area contributed by atoms with Crippen LogP contribution in [0.1, 0.15) is 71.1 Å². The van der Waals surface area contributed by atoms with Gasteiger partial charge >= 0.3 is 17.9 Å². The van der Waals surface area contributed by atoms with E-state index in [-0.39, 0.29) is 37.9 Å². The number of rotatable bonds is 25. The van der Waals surface area contributed by atoms with Crippen LogP contribution in [0, 0.1) is 0 Å². The van der Waals surface area contributed by atoms with Crippen molar-refractivity contribution >= 4 is 41.5 Å². The summed E-state index contributed by atoms with van der Waals surface area (Å²) in [6.07, 6.45) is 19.5. The third kappa shape index (κ3) is 22.8. The molecule has 43 heavy (non-hydrogen) atoms. The summed E-state index contributed by atoms with van der Waals surface area (Å²) in [5.74, 6) is -5.01. The molecule has 2 amide bonds. The number of aliphatic carboxylic acids is 3. The van der Waals surface area contributed by atoms with Crippen molar-refractivity contribution in [3.8, 4) is 0 Å². The first-order valence-electron chi connectivity index (χ1n) is 14.4. The number of carbonyl (C=O) groups excluding carboxylic acids is 2. The highest BCUT2D eigenvalue weighted by Gasteiger charge is 2.25. The Morgan fingerprint density at radius 2 is 1.58 bits per heavy atom. The first-order chi connectivity index (χ1) is 20.5. The lowest BCUT2D eigenvalue weighted by Gasteiger charge is -2.23. The molecule has 0 rings (SSSR count). The third-order valence-electron chi connectivity index (χ3n) is 5.97. The number of carbonyl (C=O) groups is 5. The number of hydrogen-bond acceptors (Lipinski definition) is 8. The van der Waals surface area contributed by atoms with Gasteiger partial charge in [-0.1, -0.05) is 68.4 Å². The van der Waals surface area contributed by atoms with Crippen LogP contribution in [-0.2, 0) is 24.0 Å². The fourth-order valence-corrected chi connectivity index (χ4v) is 4.75. The van der Waals surface area contributed by atoms with Crippen molar-refractivity contribution in [2.45, 2.75) is 94.6 Å². The van der Waals surface area contributed by atoms with Gasteiger partial charge in [-0.25, -0.2) is 0 Å². The molecule has 0 saturated heterocycles. The Bertz CT molecular complexity index is 982. The summed E-state index contributed by atoms with van der Waals surface area (Å²) < 4.78 is 0. The van der Waals surface area contributed by atoms with Crippen LogP contribution in [0.3, 0.4) is 0 Å². The highest BCUT2D eigenvalue weighted by Crippen LogP contribution is 2.22. The standard InChI is InChI=1S/C30H47N3O9S/c1-2-3-4-5-6-7-8-9-10-11-12-13-16-25(24(34)15-14-17-27(36)37)43-21-23(29(40)32-20-28(38)39)33-26(35)19-18-22(31)30(41)42/h6-7,9-13,16,22-25,34H,2-5,8,14-15,17-21,31H2,1H3,(H,32,40)(H,33,35)(H,36,37)(H,38,39)(H,41,42)/b7-6-,10-9-,12-11+,16-13+/t22-,23+,24+,25+/m0/s1. The summed E-state index contributed by atoms with van der Waals surface area (Å²) in [7, 11) is 0. The predicted octanol–water partition coefficient (Wildman–Crippen LogP) is 2.78. The molecule has 0 aromatic heterocycles. The number of allylic oxidation sites excluding steroid dienone is 7. The normalized spacial score (nSPS) is 14.7. The lowest BCUT2D eigenvalue weighted by atomic mass is 10.1. The van der Waals surface area contributed by atoms with Gasteiger partial charge in [-0.3, -0.25) is 24.0 Å². The number of thioether (sulfide) groups is 1. The van der Waals surface area contributed by atoms with Crippen LogP contribution in [0.2, 0.25) is 0 Å². The number of amides is 2. The van der Waals surface area contributed by atoms with Gasteiger partial charge in [-0.15, -0.1) is 11.8 Å². The van der Waals surface area contributed by atoms with E-state index in [1.54, 1.807) is 18.2 Å². The van der Waals surface area contributed by atoms with E-state index < -0.39 is 59.7 Å². The SMILES string of the molecule is CCCCC/C=C\C\C=C/C=C/C=C/[C@@H](SC[C@@H](NC(=O)CC[C@H](N)C(=O)O)C(=O)NCC(=O)O)[C@H](O)CCCC(=O)O. The number of aliphatic hydroxyl groups excluding tert-OH is 1. The first kappa shape index (κ1) is 39.6. The molecule has 0 bridgehead atoms. The zero-order valence-corrected chi connectivity index (χ0v) is 25.5. The number of nitrogens with one attached hydrogen (secondary N) is 2. The molecule has 0 aliphatic carbocycles. The minimum Gasteiger partial charge on any atom is -0.481 e. The van der Waals surface area contributed by atoms with E-state index >= 15 is 0 Å². The van der Waals surface area contributed by atoms with Crippen LogP contribution in [0.25, 0.3) is 0 Å². The Hall–Kier alpha value is -3.42. The lowest BCUT2D eigenvalue weighted by Crippen LogP contribution is -2.50. The Morgan fingerprint density at radius 3 is 2.23 bits per heavy atom. The summed E-state index contributed by atoms with van der Waals surface area (Å²) in [6, 6.07) is -2.45. The van der Waals surface area contributed by atoms with Crippen molar-refractivity contribution in [1.29, 1.82) is 0 Å². The largest absolute Gasteiger partial charge is 0.481 e. The zero-order valence-electron chi connectivity index (χ0n) is 24.7. The van der Waals surface area contributed by atoms with Crippen LogP contribution in [-0.4, -0.2) is 85.9 Å². The molecule has 0 aliphatic heterocycles. The molecule has 8 N–H and O–H groups in total. The number of hydrogen-bond donors (Lipinski definition) is 7. The molecule has 0 aliphatic rings. The van der Waals surface area contributed by atoms with Crippen LogP contribution < -0.4 is 16.4 Å². The van der Waals surface area contributed by atoms with Gasteiger partial charge in [0.2, 0.25) is 11.8 Å². The summed E-state index contributed by atoms with van der Waals surface area (Å²) >= 11 is 1.13. The average Bonchev–Trinajstić information content (AvgIpc) is 2.95. The van der Waals surface area contributed by atoms with Crippen LogP contribution in [0.5, 0.6) is 0 Å². The van der Waals surface area contributed by atoms with Crippen molar-refractivity contribution < 1.29 is 44.4 Å². The number of aliphatic hydroxyl groups is 1. The maximum absolute atomic E-state index is 12.6. The van der Waals surface area contributed by atoms with E-state index in [1.807, 2.05) is 18.2 Å².